The molecule has 0 radical (unpaired) electrons. The van der Waals surface area contributed by atoms with Crippen LogP contribution in [0.4, 0.5) is 0 Å². The number of benzene rings is 1. The van der Waals surface area contributed by atoms with Crippen molar-refractivity contribution in [1.29, 1.82) is 0 Å². The van der Waals surface area contributed by atoms with Gasteiger partial charge in [-0.3, -0.25) is 9.88 Å². The van der Waals surface area contributed by atoms with E-state index in [-0.39, 0.29) is 0 Å². The highest BCUT2D eigenvalue weighted by Gasteiger charge is 2.20. The first kappa shape index (κ1) is 16.6. The van der Waals surface area contributed by atoms with E-state index in [1.807, 2.05) is 24.5 Å². The van der Waals surface area contributed by atoms with Gasteiger partial charge in [0.05, 0.1) is 5.69 Å². The van der Waals surface area contributed by atoms with E-state index in [0.29, 0.717) is 0 Å². The van der Waals surface area contributed by atoms with Gasteiger partial charge in [0, 0.05) is 77.3 Å². The van der Waals surface area contributed by atoms with Crippen LogP contribution in [0.1, 0.15) is 16.8 Å². The molecule has 0 spiro atoms. The maximum Gasteiger partial charge on any atom is 0.160 e. The van der Waals surface area contributed by atoms with Crippen LogP contribution in [0.3, 0.4) is 0 Å². The summed E-state index contributed by atoms with van der Waals surface area (Å²) in [6.45, 7) is 2.78. The summed E-state index contributed by atoms with van der Waals surface area (Å²) in [6.07, 6.45) is 8.61. The zero-order chi connectivity index (χ0) is 18.2. The Morgan fingerprint density at radius 2 is 2.11 bits per heavy atom. The first-order chi connectivity index (χ1) is 13.3. The number of aromatic amines is 1. The lowest BCUT2D eigenvalue weighted by molar-refractivity contribution is 0.244. The quantitative estimate of drug-likeness (QED) is 0.536. The van der Waals surface area contributed by atoms with Crippen LogP contribution in [0.5, 0.6) is 0 Å². The van der Waals surface area contributed by atoms with Crippen molar-refractivity contribution in [1.82, 2.24) is 24.8 Å². The predicted octanol–water partition coefficient (Wildman–Crippen LogP) is 4.34. The standard InChI is InChI=1S/C21H18BrN5/c22-17-4-1-5-19-20(17)16(11-24-19)13-27-8-6-18-15(12-27)10-25-21(26-18)14-3-2-7-23-9-14/h1-5,7,9-11,24H,6,8,12-13H2. The van der Waals surface area contributed by atoms with E-state index in [9.17, 15) is 0 Å². The zero-order valence-corrected chi connectivity index (χ0v) is 16.3. The highest BCUT2D eigenvalue weighted by atomic mass is 79.9. The summed E-state index contributed by atoms with van der Waals surface area (Å²) < 4.78 is 1.14. The highest BCUT2D eigenvalue weighted by molar-refractivity contribution is 9.10. The third kappa shape index (κ3) is 3.15. The molecule has 0 bridgehead atoms. The number of nitrogens with zero attached hydrogens (tertiary/aromatic N) is 4. The maximum absolute atomic E-state index is 4.79. The van der Waals surface area contributed by atoms with Crippen LogP contribution in [0.15, 0.2) is 59.6 Å². The van der Waals surface area contributed by atoms with Gasteiger partial charge in [0.1, 0.15) is 0 Å². The van der Waals surface area contributed by atoms with Gasteiger partial charge in [0.2, 0.25) is 0 Å². The number of hydrogen-bond acceptors (Lipinski definition) is 4. The number of halogens is 1. The second kappa shape index (κ2) is 6.87. The van der Waals surface area contributed by atoms with Crippen LogP contribution in [0.25, 0.3) is 22.3 Å². The molecule has 0 saturated heterocycles. The first-order valence-electron chi connectivity index (χ1n) is 9.00. The van der Waals surface area contributed by atoms with Crippen molar-refractivity contribution in [2.24, 2.45) is 0 Å². The van der Waals surface area contributed by atoms with E-state index < -0.39 is 0 Å². The monoisotopic (exact) mass is 419 g/mol. The lowest BCUT2D eigenvalue weighted by atomic mass is 10.1. The Hall–Kier alpha value is -2.57. The van der Waals surface area contributed by atoms with Crippen LogP contribution in [-0.2, 0) is 19.5 Å². The SMILES string of the molecule is Brc1cccc2[nH]cc(CN3CCc4nc(-c5cccnc5)ncc4C3)c12. The Bertz CT molecular complexity index is 1110. The fraction of sp³-hybridized carbons (Fsp3) is 0.190. The molecule has 1 aliphatic rings. The summed E-state index contributed by atoms with van der Waals surface area (Å²) in [5.74, 6) is 0.760. The topological polar surface area (TPSA) is 57.7 Å². The third-order valence-corrected chi connectivity index (χ3v) is 5.72. The van der Waals surface area contributed by atoms with E-state index >= 15 is 0 Å². The summed E-state index contributed by atoms with van der Waals surface area (Å²) in [6, 6.07) is 10.2. The van der Waals surface area contributed by atoms with Crippen molar-refractivity contribution in [3.63, 3.8) is 0 Å². The predicted molar refractivity (Wildman–Crippen MR) is 109 cm³/mol. The molecule has 5 rings (SSSR count). The van der Waals surface area contributed by atoms with Crippen molar-refractivity contribution in [2.45, 2.75) is 19.5 Å². The van der Waals surface area contributed by atoms with Gasteiger partial charge in [0.25, 0.3) is 0 Å². The minimum Gasteiger partial charge on any atom is -0.361 e. The van der Waals surface area contributed by atoms with Crippen LogP contribution in [0.2, 0.25) is 0 Å². The number of aromatic nitrogens is 4. The number of rotatable bonds is 3. The molecule has 1 N–H and O–H groups in total. The van der Waals surface area contributed by atoms with Gasteiger partial charge in [-0.25, -0.2) is 9.97 Å². The smallest absolute Gasteiger partial charge is 0.160 e. The molecular formula is C21H18BrN5. The van der Waals surface area contributed by atoms with Gasteiger partial charge in [-0.1, -0.05) is 22.0 Å². The fourth-order valence-electron chi connectivity index (χ4n) is 3.72. The van der Waals surface area contributed by atoms with E-state index in [1.165, 1.54) is 22.0 Å². The van der Waals surface area contributed by atoms with Crippen molar-refractivity contribution >= 4 is 26.8 Å². The number of nitrogens with one attached hydrogen (secondary N) is 1. The molecule has 1 aromatic carbocycles. The molecular weight excluding hydrogens is 402 g/mol. The van der Waals surface area contributed by atoms with Gasteiger partial charge >= 0.3 is 0 Å². The number of H-pyrrole nitrogens is 1. The highest BCUT2D eigenvalue weighted by Crippen LogP contribution is 2.29. The second-order valence-electron chi connectivity index (χ2n) is 6.84. The molecule has 0 saturated carbocycles. The number of pyridine rings is 1. The normalized spacial score (nSPS) is 14.4. The van der Waals surface area contributed by atoms with E-state index in [0.717, 1.165) is 47.6 Å². The van der Waals surface area contributed by atoms with Gasteiger partial charge in [-0.15, -0.1) is 0 Å². The number of hydrogen-bond donors (Lipinski definition) is 1. The minimum absolute atomic E-state index is 0.760. The average Bonchev–Trinajstić information content (AvgIpc) is 3.12. The molecule has 0 aliphatic carbocycles. The van der Waals surface area contributed by atoms with Crippen LogP contribution >= 0.6 is 15.9 Å². The molecule has 27 heavy (non-hydrogen) atoms. The summed E-state index contributed by atoms with van der Waals surface area (Å²) in [4.78, 5) is 19.3. The van der Waals surface area contributed by atoms with Crippen molar-refractivity contribution < 1.29 is 0 Å². The van der Waals surface area contributed by atoms with Gasteiger partial charge in [-0.05, 0) is 29.8 Å². The van der Waals surface area contributed by atoms with Gasteiger partial charge in [-0.2, -0.15) is 0 Å². The largest absolute Gasteiger partial charge is 0.361 e. The van der Waals surface area contributed by atoms with Gasteiger partial charge < -0.3 is 4.98 Å². The minimum atomic E-state index is 0.760. The van der Waals surface area contributed by atoms with Crippen LogP contribution < -0.4 is 0 Å². The van der Waals surface area contributed by atoms with Crippen molar-refractivity contribution in [3.8, 4) is 11.4 Å². The lowest BCUT2D eigenvalue weighted by Gasteiger charge is -2.28. The molecule has 1 aliphatic heterocycles. The summed E-state index contributed by atoms with van der Waals surface area (Å²) in [7, 11) is 0. The molecule has 5 nitrogen and oxygen atoms in total. The zero-order valence-electron chi connectivity index (χ0n) is 14.7. The van der Waals surface area contributed by atoms with E-state index in [4.69, 9.17) is 4.98 Å². The molecule has 0 atom stereocenters. The van der Waals surface area contributed by atoms with Crippen molar-refractivity contribution in [2.75, 3.05) is 6.54 Å². The molecule has 0 amide bonds. The molecule has 134 valence electrons. The Labute approximate surface area is 165 Å². The van der Waals surface area contributed by atoms with Crippen LogP contribution in [0, 0.1) is 0 Å². The van der Waals surface area contributed by atoms with Crippen LogP contribution in [-0.4, -0.2) is 31.4 Å². The maximum atomic E-state index is 4.79. The Morgan fingerprint density at radius 1 is 1.15 bits per heavy atom. The summed E-state index contributed by atoms with van der Waals surface area (Å²) >= 11 is 3.68. The van der Waals surface area contributed by atoms with E-state index in [1.54, 1.807) is 6.20 Å². The molecule has 0 fully saturated rings. The van der Waals surface area contributed by atoms with Crippen molar-refractivity contribution in [3.05, 3.63) is 76.4 Å². The molecule has 4 heterocycles. The Kier molecular flexibility index (Phi) is 4.22. The Balaban J connectivity index is 1.38. The average molecular weight is 420 g/mol. The summed E-state index contributed by atoms with van der Waals surface area (Å²) in [5.41, 5.74) is 5.81. The summed E-state index contributed by atoms with van der Waals surface area (Å²) in [5, 5.41) is 1.27. The van der Waals surface area contributed by atoms with Gasteiger partial charge in [0.15, 0.2) is 5.82 Å². The lowest BCUT2D eigenvalue weighted by Crippen LogP contribution is -2.30. The molecule has 0 unspecified atom stereocenters. The number of fused-ring (bicyclic) bond motifs is 2. The van der Waals surface area contributed by atoms with E-state index in [2.05, 4.69) is 60.2 Å². The molecule has 4 aromatic rings. The molecule has 6 heteroatoms. The Morgan fingerprint density at radius 3 is 3.00 bits per heavy atom. The second-order valence-corrected chi connectivity index (χ2v) is 7.70. The fourth-order valence-corrected chi connectivity index (χ4v) is 4.34. The first-order valence-corrected chi connectivity index (χ1v) is 9.79. The third-order valence-electron chi connectivity index (χ3n) is 5.06. The molecule has 3 aromatic heterocycles.